The van der Waals surface area contributed by atoms with Crippen LogP contribution in [-0.2, 0) is 6.54 Å². The third kappa shape index (κ3) is 3.42. The Morgan fingerprint density at radius 3 is 2.95 bits per heavy atom. The molecule has 21 heavy (non-hydrogen) atoms. The minimum absolute atomic E-state index is 0.332. The number of likely N-dealkylation sites (tertiary alicyclic amines) is 1. The molecule has 0 amide bonds. The Hall–Kier alpha value is -1.88. The molecular formula is C16H17F2N3. The quantitative estimate of drug-likeness (QED) is 0.869. The summed E-state index contributed by atoms with van der Waals surface area (Å²) in [6.45, 7) is 2.15. The van der Waals surface area contributed by atoms with Crippen molar-refractivity contribution in [2.45, 2.75) is 25.3 Å². The van der Waals surface area contributed by atoms with Gasteiger partial charge in [-0.1, -0.05) is 0 Å². The van der Waals surface area contributed by atoms with Gasteiger partial charge >= 0.3 is 0 Å². The molecule has 1 aromatic heterocycles. The highest BCUT2D eigenvalue weighted by Gasteiger charge is 2.23. The summed E-state index contributed by atoms with van der Waals surface area (Å²) in [5, 5.41) is 0. The highest BCUT2D eigenvalue weighted by Crippen LogP contribution is 2.26. The van der Waals surface area contributed by atoms with Gasteiger partial charge in [0.2, 0.25) is 0 Å². The van der Waals surface area contributed by atoms with E-state index in [9.17, 15) is 8.78 Å². The number of hydrogen-bond donors (Lipinski definition) is 0. The summed E-state index contributed by atoms with van der Waals surface area (Å²) in [6.07, 6.45) is 5.40. The summed E-state index contributed by atoms with van der Waals surface area (Å²) in [6, 6.07) is 5.55. The van der Waals surface area contributed by atoms with Crippen LogP contribution in [0.2, 0.25) is 0 Å². The molecule has 0 radical (unpaired) electrons. The molecule has 1 aliphatic rings. The Kier molecular flexibility index (Phi) is 4.20. The number of aromatic nitrogens is 2. The fraction of sp³-hybridized carbons (Fsp3) is 0.375. The maximum Gasteiger partial charge on any atom is 0.127 e. The number of nitrogens with zero attached hydrogens (tertiary/aromatic N) is 3. The summed E-state index contributed by atoms with van der Waals surface area (Å²) in [7, 11) is 0. The van der Waals surface area contributed by atoms with E-state index in [4.69, 9.17) is 0 Å². The molecule has 110 valence electrons. The first-order valence-corrected chi connectivity index (χ1v) is 7.14. The van der Waals surface area contributed by atoms with Crippen LogP contribution in [0.25, 0.3) is 0 Å². The van der Waals surface area contributed by atoms with Gasteiger partial charge in [0.25, 0.3) is 0 Å². The van der Waals surface area contributed by atoms with Crippen molar-refractivity contribution in [1.82, 2.24) is 14.9 Å². The van der Waals surface area contributed by atoms with Crippen LogP contribution in [0.1, 0.15) is 30.0 Å². The van der Waals surface area contributed by atoms with E-state index in [1.165, 1.54) is 12.1 Å². The molecule has 1 aliphatic heterocycles. The largest absolute Gasteiger partial charge is 0.298 e. The van der Waals surface area contributed by atoms with Gasteiger partial charge in [0.1, 0.15) is 18.0 Å². The lowest BCUT2D eigenvalue weighted by Crippen LogP contribution is -2.34. The van der Waals surface area contributed by atoms with E-state index in [-0.39, 0.29) is 5.82 Å². The second kappa shape index (κ2) is 6.26. The van der Waals surface area contributed by atoms with Crippen molar-refractivity contribution in [3.05, 3.63) is 59.7 Å². The molecule has 2 aromatic rings. The molecule has 0 saturated carbocycles. The van der Waals surface area contributed by atoms with Crippen molar-refractivity contribution in [2.75, 3.05) is 13.1 Å². The van der Waals surface area contributed by atoms with E-state index in [1.54, 1.807) is 12.5 Å². The molecule has 0 spiro atoms. The zero-order valence-corrected chi connectivity index (χ0v) is 11.7. The zero-order chi connectivity index (χ0) is 14.7. The molecular weight excluding hydrogens is 272 g/mol. The van der Waals surface area contributed by atoms with Crippen molar-refractivity contribution in [3.8, 4) is 0 Å². The lowest BCUT2D eigenvalue weighted by molar-refractivity contribution is 0.196. The van der Waals surface area contributed by atoms with Crippen LogP contribution in [0.4, 0.5) is 8.78 Å². The van der Waals surface area contributed by atoms with E-state index in [0.29, 0.717) is 18.0 Å². The first-order chi connectivity index (χ1) is 10.2. The van der Waals surface area contributed by atoms with Crippen LogP contribution in [-0.4, -0.2) is 28.0 Å². The van der Waals surface area contributed by atoms with Crippen molar-refractivity contribution in [3.63, 3.8) is 0 Å². The van der Waals surface area contributed by atoms with E-state index in [0.717, 1.165) is 37.7 Å². The van der Waals surface area contributed by atoms with Crippen molar-refractivity contribution in [2.24, 2.45) is 0 Å². The summed E-state index contributed by atoms with van der Waals surface area (Å²) in [5.74, 6) is -0.408. The number of hydrogen-bond acceptors (Lipinski definition) is 3. The van der Waals surface area contributed by atoms with Gasteiger partial charge in [-0.15, -0.1) is 0 Å². The fourth-order valence-corrected chi connectivity index (χ4v) is 2.89. The van der Waals surface area contributed by atoms with Gasteiger partial charge in [-0.05, 0) is 43.7 Å². The zero-order valence-electron chi connectivity index (χ0n) is 11.7. The SMILES string of the molecule is Fc1ccc(F)c(CN2CCC[C@@H](c3ccncn3)C2)c1. The number of benzene rings is 1. The minimum Gasteiger partial charge on any atom is -0.298 e. The Morgan fingerprint density at radius 2 is 2.14 bits per heavy atom. The van der Waals surface area contributed by atoms with E-state index < -0.39 is 5.82 Å². The summed E-state index contributed by atoms with van der Waals surface area (Å²) in [4.78, 5) is 10.4. The van der Waals surface area contributed by atoms with Crippen molar-refractivity contribution >= 4 is 0 Å². The predicted molar refractivity (Wildman–Crippen MR) is 75.6 cm³/mol. The van der Waals surface area contributed by atoms with Crippen LogP contribution >= 0.6 is 0 Å². The Balaban J connectivity index is 1.70. The van der Waals surface area contributed by atoms with Gasteiger partial charge < -0.3 is 0 Å². The Bertz CT molecular complexity index is 604. The van der Waals surface area contributed by atoms with Crippen molar-refractivity contribution in [1.29, 1.82) is 0 Å². The summed E-state index contributed by atoms with van der Waals surface area (Å²) >= 11 is 0. The van der Waals surface area contributed by atoms with Gasteiger partial charge in [-0.3, -0.25) is 4.90 Å². The first kappa shape index (κ1) is 14.1. The lowest BCUT2D eigenvalue weighted by atomic mass is 9.94. The molecule has 0 aliphatic carbocycles. The van der Waals surface area contributed by atoms with Gasteiger partial charge in [0.15, 0.2) is 0 Å². The highest BCUT2D eigenvalue weighted by molar-refractivity contribution is 5.19. The topological polar surface area (TPSA) is 29.0 Å². The normalized spacial score (nSPS) is 19.6. The molecule has 0 N–H and O–H groups in total. The Labute approximate surface area is 122 Å². The van der Waals surface area contributed by atoms with E-state index >= 15 is 0 Å². The van der Waals surface area contributed by atoms with Gasteiger partial charge in [-0.2, -0.15) is 0 Å². The number of rotatable bonds is 3. The minimum atomic E-state index is -0.393. The summed E-state index contributed by atoms with van der Waals surface area (Å²) < 4.78 is 27.0. The molecule has 1 fully saturated rings. The van der Waals surface area contributed by atoms with Crippen LogP contribution in [0.5, 0.6) is 0 Å². The van der Waals surface area contributed by atoms with Crippen LogP contribution in [0.3, 0.4) is 0 Å². The number of piperidine rings is 1. The summed E-state index contributed by atoms with van der Waals surface area (Å²) in [5.41, 5.74) is 1.44. The third-order valence-corrected chi connectivity index (χ3v) is 3.93. The fourth-order valence-electron chi connectivity index (χ4n) is 2.89. The molecule has 5 heteroatoms. The molecule has 0 unspecified atom stereocenters. The third-order valence-electron chi connectivity index (χ3n) is 3.93. The maximum absolute atomic E-state index is 13.7. The van der Waals surface area contributed by atoms with Crippen LogP contribution < -0.4 is 0 Å². The smallest absolute Gasteiger partial charge is 0.127 e. The van der Waals surface area contributed by atoms with E-state index in [2.05, 4.69) is 14.9 Å². The van der Waals surface area contributed by atoms with Crippen LogP contribution in [0.15, 0.2) is 36.8 Å². The molecule has 0 bridgehead atoms. The predicted octanol–water partition coefficient (Wildman–Crippen LogP) is 3.13. The molecule has 2 heterocycles. The monoisotopic (exact) mass is 289 g/mol. The molecule has 3 rings (SSSR count). The Morgan fingerprint density at radius 1 is 1.24 bits per heavy atom. The van der Waals surface area contributed by atoms with E-state index in [1.807, 2.05) is 6.07 Å². The standard InChI is InChI=1S/C16H17F2N3/c17-14-3-4-15(18)13(8-14)10-21-7-1-2-12(9-21)16-5-6-19-11-20-16/h3-6,8,11-12H,1-2,7,9-10H2/t12-/m1/s1. The van der Waals surface area contributed by atoms with Gasteiger partial charge in [0, 0.05) is 36.5 Å². The average Bonchev–Trinajstić information content (AvgIpc) is 2.52. The molecule has 1 atom stereocenters. The highest BCUT2D eigenvalue weighted by atomic mass is 19.1. The molecule has 1 saturated heterocycles. The average molecular weight is 289 g/mol. The maximum atomic E-state index is 13.7. The van der Waals surface area contributed by atoms with Gasteiger partial charge in [0.05, 0.1) is 0 Å². The first-order valence-electron chi connectivity index (χ1n) is 7.14. The van der Waals surface area contributed by atoms with Crippen molar-refractivity contribution < 1.29 is 8.78 Å². The molecule has 3 nitrogen and oxygen atoms in total. The lowest BCUT2D eigenvalue weighted by Gasteiger charge is -2.32. The van der Waals surface area contributed by atoms with Gasteiger partial charge in [-0.25, -0.2) is 18.7 Å². The number of halogens is 2. The second-order valence-corrected chi connectivity index (χ2v) is 5.44. The second-order valence-electron chi connectivity index (χ2n) is 5.44. The molecule has 1 aromatic carbocycles. The van der Waals surface area contributed by atoms with Crippen LogP contribution in [0, 0.1) is 11.6 Å².